The zero-order chi connectivity index (χ0) is 15.8. The number of aromatic nitrogens is 2. The first kappa shape index (κ1) is 16.5. The van der Waals surface area contributed by atoms with Crippen LogP contribution in [0.4, 0.5) is 0 Å². The molecule has 5 nitrogen and oxygen atoms in total. The van der Waals surface area contributed by atoms with E-state index in [1.54, 1.807) is 0 Å². The lowest BCUT2D eigenvalue weighted by Crippen LogP contribution is -1.99. The summed E-state index contributed by atoms with van der Waals surface area (Å²) >= 11 is 6.24. The third-order valence-corrected chi connectivity index (χ3v) is 4.71. The van der Waals surface area contributed by atoms with E-state index in [4.69, 9.17) is 17.3 Å². The standard InChI is InChI=1S/C15H17ClN5P/c1-11-2-3-14(13(16)4-11)22-8-12-5-20-15(21-6-12)7-18-10-19-9-17/h2-6,9-10,22H,7-8H2,1H3,(H2,17,18,19). The van der Waals surface area contributed by atoms with Crippen molar-refractivity contribution in [1.82, 2.24) is 9.97 Å². The van der Waals surface area contributed by atoms with E-state index in [9.17, 15) is 0 Å². The molecule has 0 fully saturated rings. The lowest BCUT2D eigenvalue weighted by atomic mass is 10.2. The van der Waals surface area contributed by atoms with Crippen LogP contribution in [0.25, 0.3) is 0 Å². The smallest absolute Gasteiger partial charge is 0.149 e. The van der Waals surface area contributed by atoms with Crippen molar-refractivity contribution >= 4 is 38.2 Å². The molecule has 0 radical (unpaired) electrons. The molecule has 1 aromatic carbocycles. The van der Waals surface area contributed by atoms with Crippen LogP contribution in [-0.2, 0) is 12.7 Å². The number of hydrogen-bond donors (Lipinski definition) is 1. The quantitative estimate of drug-likeness (QED) is 0.501. The predicted octanol–water partition coefficient (Wildman–Crippen LogP) is 2.46. The van der Waals surface area contributed by atoms with Gasteiger partial charge in [0.25, 0.3) is 0 Å². The van der Waals surface area contributed by atoms with E-state index in [-0.39, 0.29) is 0 Å². The molecule has 7 heteroatoms. The van der Waals surface area contributed by atoms with Crippen LogP contribution in [0.3, 0.4) is 0 Å². The van der Waals surface area contributed by atoms with E-state index in [2.05, 4.69) is 32.1 Å². The summed E-state index contributed by atoms with van der Waals surface area (Å²) in [5.41, 5.74) is 7.36. The highest BCUT2D eigenvalue weighted by Crippen LogP contribution is 2.22. The van der Waals surface area contributed by atoms with E-state index >= 15 is 0 Å². The molecule has 1 aromatic heterocycles. The van der Waals surface area contributed by atoms with Crippen molar-refractivity contribution < 1.29 is 0 Å². The lowest BCUT2D eigenvalue weighted by Gasteiger charge is -2.05. The van der Waals surface area contributed by atoms with Gasteiger partial charge in [0.1, 0.15) is 18.7 Å². The van der Waals surface area contributed by atoms with Gasteiger partial charge in [-0.1, -0.05) is 32.3 Å². The summed E-state index contributed by atoms with van der Waals surface area (Å²) in [7, 11) is 0.600. The van der Waals surface area contributed by atoms with Gasteiger partial charge in [-0.15, -0.1) is 0 Å². The Morgan fingerprint density at radius 3 is 2.77 bits per heavy atom. The third-order valence-electron chi connectivity index (χ3n) is 2.83. The van der Waals surface area contributed by atoms with Gasteiger partial charge in [0.15, 0.2) is 0 Å². The van der Waals surface area contributed by atoms with E-state index < -0.39 is 0 Å². The van der Waals surface area contributed by atoms with Crippen LogP contribution in [0.5, 0.6) is 0 Å². The molecule has 1 atom stereocenters. The summed E-state index contributed by atoms with van der Waals surface area (Å²) in [6, 6.07) is 6.15. The van der Waals surface area contributed by atoms with Crippen LogP contribution < -0.4 is 11.0 Å². The molecular formula is C15H17ClN5P. The molecule has 2 N–H and O–H groups in total. The maximum absolute atomic E-state index is 6.24. The van der Waals surface area contributed by atoms with Gasteiger partial charge < -0.3 is 5.73 Å². The zero-order valence-corrected chi connectivity index (χ0v) is 14.0. The fourth-order valence-corrected chi connectivity index (χ4v) is 3.18. The first-order valence-corrected chi connectivity index (χ1v) is 8.29. The molecule has 22 heavy (non-hydrogen) atoms. The summed E-state index contributed by atoms with van der Waals surface area (Å²) in [4.78, 5) is 16.3. The summed E-state index contributed by atoms with van der Waals surface area (Å²) in [6.45, 7) is 2.43. The van der Waals surface area contributed by atoms with Crippen LogP contribution in [0.1, 0.15) is 17.0 Å². The number of hydrogen-bond acceptors (Lipinski definition) is 3. The topological polar surface area (TPSA) is 76.5 Å². The Morgan fingerprint density at radius 2 is 2.09 bits per heavy atom. The number of benzene rings is 1. The Hall–Kier alpha value is -1.84. The Morgan fingerprint density at radius 1 is 1.32 bits per heavy atom. The molecule has 1 unspecified atom stereocenters. The molecule has 2 rings (SSSR count). The minimum atomic E-state index is 0.393. The van der Waals surface area contributed by atoms with Gasteiger partial charge in [-0.05, 0) is 35.6 Å². The second-order valence-corrected chi connectivity index (χ2v) is 6.25. The van der Waals surface area contributed by atoms with Crippen molar-refractivity contribution in [3.8, 4) is 0 Å². The summed E-state index contributed by atoms with van der Waals surface area (Å²) in [6.07, 6.45) is 7.12. The van der Waals surface area contributed by atoms with Gasteiger partial charge >= 0.3 is 0 Å². The maximum Gasteiger partial charge on any atom is 0.149 e. The molecule has 0 aliphatic heterocycles. The summed E-state index contributed by atoms with van der Waals surface area (Å²) < 4.78 is 0. The Labute approximate surface area is 136 Å². The predicted molar refractivity (Wildman–Crippen MR) is 94.7 cm³/mol. The van der Waals surface area contributed by atoms with Crippen LogP contribution >= 0.6 is 20.2 Å². The first-order valence-electron chi connectivity index (χ1n) is 6.70. The van der Waals surface area contributed by atoms with Crippen molar-refractivity contribution in [2.75, 3.05) is 0 Å². The largest absolute Gasteiger partial charge is 0.390 e. The molecule has 0 saturated carbocycles. The molecule has 0 saturated heterocycles. The van der Waals surface area contributed by atoms with Crippen LogP contribution in [0.15, 0.2) is 40.6 Å². The molecule has 0 aliphatic rings. The van der Waals surface area contributed by atoms with E-state index in [0.29, 0.717) is 20.9 Å². The average molecular weight is 334 g/mol. The van der Waals surface area contributed by atoms with Crippen molar-refractivity contribution in [3.05, 3.63) is 52.6 Å². The number of aliphatic imine (C=N–C) groups is 2. The second kappa shape index (κ2) is 8.57. The SMILES string of the molecule is Cc1ccc(PCc2cnc(CN=CN=CN)nc2)c(Cl)c1. The molecule has 114 valence electrons. The minimum Gasteiger partial charge on any atom is -0.390 e. The zero-order valence-electron chi connectivity index (χ0n) is 12.2. The van der Waals surface area contributed by atoms with Gasteiger partial charge in [-0.25, -0.2) is 15.0 Å². The molecule has 2 aromatic rings. The number of rotatable bonds is 6. The fraction of sp³-hybridized carbons (Fsp3) is 0.200. The van der Waals surface area contributed by atoms with Crippen LogP contribution in [0.2, 0.25) is 5.02 Å². The van der Waals surface area contributed by atoms with Gasteiger partial charge in [0.05, 0.1) is 6.34 Å². The normalized spacial score (nSPS) is 12.1. The van der Waals surface area contributed by atoms with Gasteiger partial charge in [0.2, 0.25) is 0 Å². The number of nitrogens with two attached hydrogens (primary N) is 1. The summed E-state index contributed by atoms with van der Waals surface area (Å²) in [5, 5.41) is 1.99. The first-order chi connectivity index (χ1) is 10.7. The fourth-order valence-electron chi connectivity index (χ4n) is 1.72. The molecule has 0 spiro atoms. The number of nitrogens with zero attached hydrogens (tertiary/aromatic N) is 4. The average Bonchev–Trinajstić information content (AvgIpc) is 2.52. The van der Waals surface area contributed by atoms with Gasteiger partial charge in [0, 0.05) is 17.4 Å². The highest BCUT2D eigenvalue weighted by molar-refractivity contribution is 7.46. The Bertz CT molecular complexity index is 670. The van der Waals surface area contributed by atoms with Gasteiger partial charge in [-0.3, -0.25) is 4.99 Å². The van der Waals surface area contributed by atoms with Crippen molar-refractivity contribution in [3.63, 3.8) is 0 Å². The minimum absolute atomic E-state index is 0.393. The maximum atomic E-state index is 6.24. The van der Waals surface area contributed by atoms with Crippen molar-refractivity contribution in [1.29, 1.82) is 0 Å². The number of aryl methyl sites for hydroxylation is 1. The summed E-state index contributed by atoms with van der Waals surface area (Å²) in [5.74, 6) is 0.656. The Balaban J connectivity index is 1.91. The highest BCUT2D eigenvalue weighted by Gasteiger charge is 2.02. The van der Waals surface area contributed by atoms with Crippen LogP contribution in [-0.4, -0.2) is 22.6 Å². The molecule has 0 bridgehead atoms. The van der Waals surface area contributed by atoms with E-state index in [1.165, 1.54) is 23.5 Å². The molecule has 1 heterocycles. The molecule has 0 amide bonds. The Kier molecular flexibility index (Phi) is 6.44. The highest BCUT2D eigenvalue weighted by atomic mass is 35.5. The molecule has 0 aliphatic carbocycles. The second-order valence-electron chi connectivity index (χ2n) is 4.60. The van der Waals surface area contributed by atoms with Gasteiger partial charge in [-0.2, -0.15) is 0 Å². The molecular weight excluding hydrogens is 317 g/mol. The van der Waals surface area contributed by atoms with E-state index in [0.717, 1.165) is 16.7 Å². The van der Waals surface area contributed by atoms with Crippen LogP contribution in [0, 0.1) is 6.92 Å². The third kappa shape index (κ3) is 5.17. The van der Waals surface area contributed by atoms with Crippen molar-refractivity contribution in [2.24, 2.45) is 15.7 Å². The number of halogens is 1. The monoisotopic (exact) mass is 333 g/mol. The van der Waals surface area contributed by atoms with Crippen molar-refractivity contribution in [2.45, 2.75) is 19.6 Å². The lowest BCUT2D eigenvalue weighted by molar-refractivity contribution is 0.902. The van der Waals surface area contributed by atoms with E-state index in [1.807, 2.05) is 25.4 Å².